The first kappa shape index (κ1) is 12.7. The molecule has 5 nitrogen and oxygen atoms in total. The summed E-state index contributed by atoms with van der Waals surface area (Å²) in [6, 6.07) is 1.95. The second-order valence-corrected chi connectivity index (χ2v) is 5.80. The lowest BCUT2D eigenvalue weighted by Crippen LogP contribution is -2.42. The lowest BCUT2D eigenvalue weighted by molar-refractivity contribution is 0.0668. The van der Waals surface area contributed by atoms with Gasteiger partial charge in [-0.1, -0.05) is 0 Å². The van der Waals surface area contributed by atoms with Crippen LogP contribution in [0.1, 0.15) is 47.8 Å². The van der Waals surface area contributed by atoms with E-state index < -0.39 is 0 Å². The third kappa shape index (κ3) is 2.81. The molecule has 1 saturated carbocycles. The van der Waals surface area contributed by atoms with Crippen LogP contribution in [0.3, 0.4) is 0 Å². The zero-order valence-corrected chi connectivity index (χ0v) is 11.5. The zero-order chi connectivity index (χ0) is 13.2. The second-order valence-electron chi connectivity index (χ2n) is 5.80. The Morgan fingerprint density at radius 3 is 3.11 bits per heavy atom. The van der Waals surface area contributed by atoms with Crippen LogP contribution in [0.25, 0.3) is 0 Å². The van der Waals surface area contributed by atoms with Gasteiger partial charge in [0.05, 0.1) is 0 Å². The predicted octanol–water partition coefficient (Wildman–Crippen LogP) is 1.36. The summed E-state index contributed by atoms with van der Waals surface area (Å²) in [5.74, 6) is 1.28. The van der Waals surface area contributed by atoms with E-state index >= 15 is 0 Å². The molecule has 0 bridgehead atoms. The first-order valence-corrected chi connectivity index (χ1v) is 7.27. The number of H-pyrrole nitrogens is 1. The number of likely N-dealkylation sites (tertiary alicyclic amines) is 1. The van der Waals surface area contributed by atoms with Crippen LogP contribution >= 0.6 is 0 Å². The van der Waals surface area contributed by atoms with Gasteiger partial charge in [0.1, 0.15) is 5.69 Å². The van der Waals surface area contributed by atoms with Gasteiger partial charge in [0, 0.05) is 24.7 Å². The molecule has 104 valence electrons. The molecule has 1 saturated heterocycles. The molecule has 1 atom stereocenters. The van der Waals surface area contributed by atoms with Gasteiger partial charge in [-0.2, -0.15) is 5.10 Å². The third-order valence-corrected chi connectivity index (χ3v) is 4.13. The zero-order valence-electron chi connectivity index (χ0n) is 11.5. The van der Waals surface area contributed by atoms with Crippen LogP contribution in [0.5, 0.6) is 0 Å². The molecule has 0 radical (unpaired) electrons. The number of piperidine rings is 1. The van der Waals surface area contributed by atoms with Gasteiger partial charge < -0.3 is 10.2 Å². The standard InChI is InChI=1S/C14H22N4O/c1-15-8-10-3-2-6-18(9-10)14(19)13-7-12(16-17-13)11-4-5-11/h7,10-11,15H,2-6,8-9H2,1H3,(H,16,17). The molecule has 1 amide bonds. The Balaban J connectivity index is 1.64. The van der Waals surface area contributed by atoms with E-state index in [4.69, 9.17) is 0 Å². The van der Waals surface area contributed by atoms with E-state index in [-0.39, 0.29) is 5.91 Å². The summed E-state index contributed by atoms with van der Waals surface area (Å²) in [6.45, 7) is 2.70. The first-order chi connectivity index (χ1) is 9.28. The van der Waals surface area contributed by atoms with Crippen molar-refractivity contribution in [3.8, 4) is 0 Å². The predicted molar refractivity (Wildman–Crippen MR) is 73.1 cm³/mol. The SMILES string of the molecule is CNCC1CCCN(C(=O)c2cc(C3CC3)[nH]n2)C1. The minimum Gasteiger partial charge on any atom is -0.337 e. The quantitative estimate of drug-likeness (QED) is 0.861. The molecule has 1 aliphatic heterocycles. The molecule has 2 N–H and O–H groups in total. The van der Waals surface area contributed by atoms with Crippen molar-refractivity contribution >= 4 is 5.91 Å². The van der Waals surface area contributed by atoms with Gasteiger partial charge in [-0.3, -0.25) is 9.89 Å². The average Bonchev–Trinajstić information content (AvgIpc) is 3.17. The number of nitrogens with zero attached hydrogens (tertiary/aromatic N) is 2. The van der Waals surface area contributed by atoms with Crippen LogP contribution in [0, 0.1) is 5.92 Å². The number of carbonyl (C=O) groups excluding carboxylic acids is 1. The van der Waals surface area contributed by atoms with Crippen molar-refractivity contribution in [3.05, 3.63) is 17.5 Å². The number of aromatic nitrogens is 2. The lowest BCUT2D eigenvalue weighted by Gasteiger charge is -2.32. The number of aromatic amines is 1. The number of carbonyl (C=O) groups is 1. The molecular weight excluding hydrogens is 240 g/mol. The van der Waals surface area contributed by atoms with Crippen LogP contribution < -0.4 is 5.32 Å². The Hall–Kier alpha value is -1.36. The molecule has 2 fully saturated rings. The van der Waals surface area contributed by atoms with Crippen molar-refractivity contribution in [1.29, 1.82) is 0 Å². The summed E-state index contributed by atoms with van der Waals surface area (Å²) < 4.78 is 0. The van der Waals surface area contributed by atoms with E-state index in [1.807, 2.05) is 18.0 Å². The molecule has 1 aliphatic carbocycles. The molecule has 1 unspecified atom stereocenters. The summed E-state index contributed by atoms with van der Waals surface area (Å²) in [6.07, 6.45) is 4.75. The third-order valence-electron chi connectivity index (χ3n) is 4.13. The van der Waals surface area contributed by atoms with Gasteiger partial charge in [0.25, 0.3) is 5.91 Å². The average molecular weight is 262 g/mol. The number of hydrogen-bond donors (Lipinski definition) is 2. The molecule has 0 spiro atoms. The van der Waals surface area contributed by atoms with E-state index in [2.05, 4.69) is 15.5 Å². The number of rotatable bonds is 4. The highest BCUT2D eigenvalue weighted by Gasteiger charge is 2.29. The number of hydrogen-bond acceptors (Lipinski definition) is 3. The van der Waals surface area contributed by atoms with Crippen molar-refractivity contribution in [1.82, 2.24) is 20.4 Å². The smallest absolute Gasteiger partial charge is 0.274 e. The first-order valence-electron chi connectivity index (χ1n) is 7.27. The fraction of sp³-hybridized carbons (Fsp3) is 0.714. The Bertz CT molecular complexity index is 450. The van der Waals surface area contributed by atoms with Crippen LogP contribution in [0.2, 0.25) is 0 Å². The maximum Gasteiger partial charge on any atom is 0.274 e. The minimum absolute atomic E-state index is 0.0870. The molecule has 2 heterocycles. The van der Waals surface area contributed by atoms with Crippen molar-refractivity contribution in [2.24, 2.45) is 5.92 Å². The van der Waals surface area contributed by atoms with Gasteiger partial charge >= 0.3 is 0 Å². The van der Waals surface area contributed by atoms with E-state index in [9.17, 15) is 4.79 Å². The molecule has 0 aromatic carbocycles. The maximum absolute atomic E-state index is 12.4. The van der Waals surface area contributed by atoms with Gasteiger partial charge in [-0.25, -0.2) is 0 Å². The van der Waals surface area contributed by atoms with Crippen molar-refractivity contribution in [3.63, 3.8) is 0 Å². The molecule has 2 aliphatic rings. The topological polar surface area (TPSA) is 61.0 Å². The summed E-state index contributed by atoms with van der Waals surface area (Å²) in [7, 11) is 1.97. The molecular formula is C14H22N4O. The maximum atomic E-state index is 12.4. The van der Waals surface area contributed by atoms with Gasteiger partial charge in [0.2, 0.25) is 0 Å². The van der Waals surface area contributed by atoms with E-state index in [0.29, 0.717) is 17.5 Å². The van der Waals surface area contributed by atoms with Crippen LogP contribution in [-0.4, -0.2) is 47.7 Å². The molecule has 3 rings (SSSR count). The van der Waals surface area contributed by atoms with Gasteiger partial charge in [0.15, 0.2) is 0 Å². The fourth-order valence-corrected chi connectivity index (χ4v) is 2.92. The fourth-order valence-electron chi connectivity index (χ4n) is 2.92. The summed E-state index contributed by atoms with van der Waals surface area (Å²) in [4.78, 5) is 14.4. The van der Waals surface area contributed by atoms with Gasteiger partial charge in [-0.05, 0) is 51.3 Å². The molecule has 19 heavy (non-hydrogen) atoms. The monoisotopic (exact) mass is 262 g/mol. The van der Waals surface area contributed by atoms with Crippen molar-refractivity contribution < 1.29 is 4.79 Å². The second kappa shape index (κ2) is 5.33. The summed E-state index contributed by atoms with van der Waals surface area (Å²) in [5, 5.41) is 10.4. The molecule has 5 heteroatoms. The highest BCUT2D eigenvalue weighted by molar-refractivity contribution is 5.92. The van der Waals surface area contributed by atoms with E-state index in [1.54, 1.807) is 0 Å². The number of amides is 1. The normalized spacial score (nSPS) is 23.6. The molecule has 1 aromatic heterocycles. The largest absolute Gasteiger partial charge is 0.337 e. The minimum atomic E-state index is 0.0870. The van der Waals surface area contributed by atoms with Crippen LogP contribution in [0.15, 0.2) is 6.07 Å². The Morgan fingerprint density at radius 2 is 2.37 bits per heavy atom. The van der Waals surface area contributed by atoms with Gasteiger partial charge in [-0.15, -0.1) is 0 Å². The Kier molecular flexibility index (Phi) is 3.55. The Morgan fingerprint density at radius 1 is 1.53 bits per heavy atom. The van der Waals surface area contributed by atoms with E-state index in [1.165, 1.54) is 19.3 Å². The highest BCUT2D eigenvalue weighted by atomic mass is 16.2. The van der Waals surface area contributed by atoms with Crippen LogP contribution in [-0.2, 0) is 0 Å². The summed E-state index contributed by atoms with van der Waals surface area (Å²) >= 11 is 0. The van der Waals surface area contributed by atoms with Crippen LogP contribution in [0.4, 0.5) is 0 Å². The van der Waals surface area contributed by atoms with Crippen molar-refractivity contribution in [2.75, 3.05) is 26.7 Å². The summed E-state index contributed by atoms with van der Waals surface area (Å²) in [5.41, 5.74) is 1.72. The van der Waals surface area contributed by atoms with Crippen molar-refractivity contribution in [2.45, 2.75) is 31.6 Å². The molecule has 1 aromatic rings. The number of nitrogens with one attached hydrogen (secondary N) is 2. The Labute approximate surface area is 113 Å². The lowest BCUT2D eigenvalue weighted by atomic mass is 9.98. The highest BCUT2D eigenvalue weighted by Crippen LogP contribution is 2.39. The van der Waals surface area contributed by atoms with E-state index in [0.717, 1.165) is 31.7 Å².